The number of hydrogen-bond acceptors (Lipinski definition) is 4. The lowest BCUT2D eigenvalue weighted by molar-refractivity contribution is 0.0936. The van der Waals surface area contributed by atoms with E-state index in [1.54, 1.807) is 18.2 Å². The largest absolute Gasteiger partial charge is 0.295 e. The SMILES string of the molecule is O=C(CN1CCCS(=O)(=O)CC1)c1cc(Cl)ccc1Cl. The summed E-state index contributed by atoms with van der Waals surface area (Å²) in [5, 5.41) is 0.818. The van der Waals surface area contributed by atoms with Gasteiger partial charge in [0.15, 0.2) is 15.6 Å². The fourth-order valence-corrected chi connectivity index (χ4v) is 3.85. The van der Waals surface area contributed by atoms with Gasteiger partial charge in [-0.2, -0.15) is 0 Å². The molecule has 0 atom stereocenters. The minimum absolute atomic E-state index is 0.101. The first-order valence-corrected chi connectivity index (χ1v) is 8.86. The molecular formula is C13H15Cl2NO3S. The van der Waals surface area contributed by atoms with Crippen LogP contribution in [-0.2, 0) is 9.84 Å². The van der Waals surface area contributed by atoms with Gasteiger partial charge in [0, 0.05) is 17.1 Å². The number of carbonyl (C=O) groups is 1. The number of benzene rings is 1. The normalized spacial score (nSPS) is 19.5. The zero-order chi connectivity index (χ0) is 14.8. The molecule has 4 nitrogen and oxygen atoms in total. The maximum absolute atomic E-state index is 12.2. The van der Waals surface area contributed by atoms with Gasteiger partial charge in [0.05, 0.1) is 23.1 Å². The maximum Gasteiger partial charge on any atom is 0.178 e. The average molecular weight is 336 g/mol. The number of rotatable bonds is 3. The molecule has 0 spiro atoms. The molecule has 1 saturated heterocycles. The van der Waals surface area contributed by atoms with E-state index in [2.05, 4.69) is 0 Å². The summed E-state index contributed by atoms with van der Waals surface area (Å²) in [5.41, 5.74) is 0.381. The molecule has 1 fully saturated rings. The number of Topliss-reactive ketones (excluding diaryl/α,β-unsaturated/α-hetero) is 1. The third-order valence-electron chi connectivity index (χ3n) is 3.24. The first-order chi connectivity index (χ1) is 9.37. The van der Waals surface area contributed by atoms with Crippen LogP contribution in [-0.4, -0.2) is 50.2 Å². The fourth-order valence-electron chi connectivity index (χ4n) is 2.15. The van der Waals surface area contributed by atoms with Crippen molar-refractivity contribution in [3.63, 3.8) is 0 Å². The van der Waals surface area contributed by atoms with Gasteiger partial charge in [0.2, 0.25) is 0 Å². The van der Waals surface area contributed by atoms with Crippen LogP contribution in [0.4, 0.5) is 0 Å². The van der Waals surface area contributed by atoms with E-state index in [0.717, 1.165) is 0 Å². The third-order valence-corrected chi connectivity index (χ3v) is 5.52. The van der Waals surface area contributed by atoms with Crippen LogP contribution in [0.5, 0.6) is 0 Å². The lowest BCUT2D eigenvalue weighted by Gasteiger charge is -2.18. The predicted octanol–water partition coefficient (Wildman–Crippen LogP) is 2.30. The monoisotopic (exact) mass is 335 g/mol. The molecule has 0 radical (unpaired) electrons. The molecule has 0 unspecified atom stereocenters. The second-order valence-corrected chi connectivity index (χ2v) is 7.98. The summed E-state index contributed by atoms with van der Waals surface area (Å²) < 4.78 is 23.0. The van der Waals surface area contributed by atoms with Crippen LogP contribution in [0.1, 0.15) is 16.8 Å². The second-order valence-electron chi connectivity index (χ2n) is 4.83. The van der Waals surface area contributed by atoms with Gasteiger partial charge in [-0.3, -0.25) is 9.69 Å². The van der Waals surface area contributed by atoms with Crippen LogP contribution < -0.4 is 0 Å². The Morgan fingerprint density at radius 1 is 1.20 bits per heavy atom. The Morgan fingerprint density at radius 3 is 2.70 bits per heavy atom. The molecule has 110 valence electrons. The van der Waals surface area contributed by atoms with Gasteiger partial charge in [0.25, 0.3) is 0 Å². The summed E-state index contributed by atoms with van der Waals surface area (Å²) in [4.78, 5) is 14.1. The van der Waals surface area contributed by atoms with Crippen molar-refractivity contribution in [1.82, 2.24) is 4.90 Å². The molecule has 20 heavy (non-hydrogen) atoms. The van der Waals surface area contributed by atoms with Gasteiger partial charge in [-0.1, -0.05) is 23.2 Å². The van der Waals surface area contributed by atoms with Gasteiger partial charge in [-0.05, 0) is 31.2 Å². The van der Waals surface area contributed by atoms with E-state index in [4.69, 9.17) is 23.2 Å². The third kappa shape index (κ3) is 4.19. The topological polar surface area (TPSA) is 54.5 Å². The van der Waals surface area contributed by atoms with E-state index >= 15 is 0 Å². The molecule has 0 N–H and O–H groups in total. The summed E-state index contributed by atoms with van der Waals surface area (Å²) >= 11 is 11.9. The molecule has 0 saturated carbocycles. The highest BCUT2D eigenvalue weighted by atomic mass is 35.5. The van der Waals surface area contributed by atoms with E-state index in [1.807, 2.05) is 4.90 Å². The van der Waals surface area contributed by atoms with Crippen molar-refractivity contribution in [2.75, 3.05) is 31.1 Å². The van der Waals surface area contributed by atoms with Gasteiger partial charge < -0.3 is 0 Å². The van der Waals surface area contributed by atoms with Crippen molar-refractivity contribution in [2.45, 2.75) is 6.42 Å². The molecule has 0 aliphatic carbocycles. The minimum Gasteiger partial charge on any atom is -0.295 e. The summed E-state index contributed by atoms with van der Waals surface area (Å²) in [5.74, 6) is 0.149. The number of halogens is 2. The molecule has 0 amide bonds. The van der Waals surface area contributed by atoms with Crippen molar-refractivity contribution in [3.8, 4) is 0 Å². The summed E-state index contributed by atoms with van der Waals surface area (Å²) in [7, 11) is -2.97. The molecule has 1 aromatic rings. The van der Waals surface area contributed by atoms with E-state index in [0.29, 0.717) is 35.1 Å². The number of carbonyl (C=O) groups excluding carboxylic acids is 1. The highest BCUT2D eigenvalue weighted by Gasteiger charge is 2.21. The van der Waals surface area contributed by atoms with Crippen molar-refractivity contribution in [1.29, 1.82) is 0 Å². The quantitative estimate of drug-likeness (QED) is 0.795. The summed E-state index contributed by atoms with van der Waals surface area (Å²) in [6, 6.07) is 4.75. The van der Waals surface area contributed by atoms with Gasteiger partial charge in [-0.25, -0.2) is 8.42 Å². The van der Waals surface area contributed by atoms with E-state index in [-0.39, 0.29) is 23.8 Å². The smallest absolute Gasteiger partial charge is 0.178 e. The Hall–Kier alpha value is -0.620. The zero-order valence-corrected chi connectivity index (χ0v) is 13.1. The predicted molar refractivity (Wildman–Crippen MR) is 80.5 cm³/mol. The minimum atomic E-state index is -2.97. The Kier molecular flexibility index (Phi) is 5.07. The van der Waals surface area contributed by atoms with Crippen molar-refractivity contribution >= 4 is 38.8 Å². The van der Waals surface area contributed by atoms with E-state index in [1.165, 1.54) is 0 Å². The first-order valence-electron chi connectivity index (χ1n) is 6.28. The number of ketones is 1. The van der Waals surface area contributed by atoms with Crippen LogP contribution in [0.3, 0.4) is 0 Å². The Bertz CT molecular complexity index is 616. The summed E-state index contributed by atoms with van der Waals surface area (Å²) in [6.07, 6.45) is 0.554. The van der Waals surface area contributed by atoms with Crippen LogP contribution in [0.2, 0.25) is 10.0 Å². The van der Waals surface area contributed by atoms with Crippen LogP contribution >= 0.6 is 23.2 Å². The summed E-state index contributed by atoms with van der Waals surface area (Å²) in [6.45, 7) is 1.14. The van der Waals surface area contributed by atoms with E-state index in [9.17, 15) is 13.2 Å². The molecule has 0 bridgehead atoms. The molecule has 1 aromatic carbocycles. The molecule has 1 heterocycles. The molecule has 7 heteroatoms. The van der Waals surface area contributed by atoms with Gasteiger partial charge in [-0.15, -0.1) is 0 Å². The Balaban J connectivity index is 2.06. The second kappa shape index (κ2) is 6.43. The molecule has 1 aliphatic rings. The van der Waals surface area contributed by atoms with Crippen molar-refractivity contribution in [2.24, 2.45) is 0 Å². The highest BCUT2D eigenvalue weighted by molar-refractivity contribution is 7.91. The number of sulfone groups is 1. The molecular weight excluding hydrogens is 321 g/mol. The van der Waals surface area contributed by atoms with Crippen LogP contribution in [0, 0.1) is 0 Å². The maximum atomic E-state index is 12.2. The first kappa shape index (κ1) is 15.8. The number of hydrogen-bond donors (Lipinski definition) is 0. The lowest BCUT2D eigenvalue weighted by atomic mass is 10.1. The Labute approximate surface area is 128 Å². The number of nitrogens with zero attached hydrogens (tertiary/aromatic N) is 1. The molecule has 0 aromatic heterocycles. The fraction of sp³-hybridized carbons (Fsp3) is 0.462. The Morgan fingerprint density at radius 2 is 1.95 bits per heavy atom. The standard InChI is InChI=1S/C13H15Cl2NO3S/c14-10-2-3-12(15)11(8-10)13(17)9-16-4-1-6-20(18,19)7-5-16/h2-3,8H,1,4-7,9H2. The average Bonchev–Trinajstić information content (AvgIpc) is 2.54. The zero-order valence-electron chi connectivity index (χ0n) is 10.8. The molecule has 1 aliphatic heterocycles. The molecule has 2 rings (SSSR count). The lowest BCUT2D eigenvalue weighted by Crippen LogP contribution is -2.32. The van der Waals surface area contributed by atoms with Gasteiger partial charge in [0.1, 0.15) is 0 Å². The van der Waals surface area contributed by atoms with E-state index < -0.39 is 9.84 Å². The van der Waals surface area contributed by atoms with Crippen LogP contribution in [0.15, 0.2) is 18.2 Å². The highest BCUT2D eigenvalue weighted by Crippen LogP contribution is 2.21. The van der Waals surface area contributed by atoms with Crippen molar-refractivity contribution in [3.05, 3.63) is 33.8 Å². The van der Waals surface area contributed by atoms with Crippen molar-refractivity contribution < 1.29 is 13.2 Å². The van der Waals surface area contributed by atoms with Gasteiger partial charge >= 0.3 is 0 Å². The van der Waals surface area contributed by atoms with Crippen LogP contribution in [0.25, 0.3) is 0 Å².